The summed E-state index contributed by atoms with van der Waals surface area (Å²) in [7, 11) is 0. The number of esters is 1. The van der Waals surface area contributed by atoms with Crippen molar-refractivity contribution in [3.8, 4) is 6.07 Å². The van der Waals surface area contributed by atoms with Crippen LogP contribution >= 0.6 is 11.6 Å². The van der Waals surface area contributed by atoms with Gasteiger partial charge >= 0.3 is 5.97 Å². The Bertz CT molecular complexity index is 1460. The van der Waals surface area contributed by atoms with E-state index >= 15 is 0 Å². The predicted molar refractivity (Wildman–Crippen MR) is 134 cm³/mol. The number of hydrogen-bond donors (Lipinski definition) is 2. The molecule has 0 unspecified atom stereocenters. The van der Waals surface area contributed by atoms with Gasteiger partial charge in [0.2, 0.25) is 0 Å². The van der Waals surface area contributed by atoms with Crippen LogP contribution in [0.2, 0.25) is 5.15 Å². The van der Waals surface area contributed by atoms with Gasteiger partial charge in [0.1, 0.15) is 23.4 Å². The number of aliphatic hydroxyl groups is 1. The van der Waals surface area contributed by atoms with Crippen LogP contribution in [0.1, 0.15) is 28.2 Å². The number of ether oxygens (including phenoxy) is 1. The van der Waals surface area contributed by atoms with Crippen LogP contribution in [-0.2, 0) is 16.1 Å². The summed E-state index contributed by atoms with van der Waals surface area (Å²) in [6.07, 6.45) is 2.72. The summed E-state index contributed by atoms with van der Waals surface area (Å²) >= 11 is 6.49. The summed E-state index contributed by atoms with van der Waals surface area (Å²) in [5.74, 6) is -0.921. The third kappa shape index (κ3) is 5.42. The average Bonchev–Trinajstić information content (AvgIpc) is 3.38. The normalized spacial score (nSPS) is 12.1. The van der Waals surface area contributed by atoms with Gasteiger partial charge in [0.25, 0.3) is 0 Å². The molecular weight excluding hydrogens is 466 g/mol. The Morgan fingerprint density at radius 1 is 1.23 bits per heavy atom. The van der Waals surface area contributed by atoms with Gasteiger partial charge in [-0.15, -0.1) is 0 Å². The van der Waals surface area contributed by atoms with Gasteiger partial charge in [-0.3, -0.25) is 0 Å². The number of hydrogen-bond acceptors (Lipinski definition) is 6. The van der Waals surface area contributed by atoms with E-state index < -0.39 is 18.3 Å². The number of aliphatic hydroxyl groups excluding tert-OH is 1. The number of H-pyrrole nitrogens is 1. The summed E-state index contributed by atoms with van der Waals surface area (Å²) in [5, 5.41) is 24.6. The number of aromatic amines is 1. The lowest BCUT2D eigenvalue weighted by molar-refractivity contribution is -0.137. The fourth-order valence-electron chi connectivity index (χ4n) is 3.46. The van der Waals surface area contributed by atoms with Crippen LogP contribution < -0.4 is 0 Å². The first-order valence-corrected chi connectivity index (χ1v) is 11.1. The molecule has 4 aromatic rings. The van der Waals surface area contributed by atoms with Crippen LogP contribution in [0.5, 0.6) is 0 Å². The van der Waals surface area contributed by atoms with Gasteiger partial charge in [0.15, 0.2) is 11.6 Å². The van der Waals surface area contributed by atoms with Crippen molar-refractivity contribution in [1.82, 2.24) is 19.7 Å². The fourth-order valence-corrected chi connectivity index (χ4v) is 3.76. The predicted octanol–water partition coefficient (Wildman–Crippen LogP) is 5.13. The molecule has 4 rings (SSSR count). The number of carbonyl (C=O) groups is 1. The third-order valence-electron chi connectivity index (χ3n) is 5.33. The number of fused-ring (bicyclic) bond motifs is 1. The lowest BCUT2D eigenvalue weighted by Crippen LogP contribution is -2.06. The third-order valence-corrected chi connectivity index (χ3v) is 5.72. The van der Waals surface area contributed by atoms with Crippen molar-refractivity contribution < 1.29 is 14.6 Å². The topological polar surface area (TPSA) is 117 Å². The lowest BCUT2D eigenvalue weighted by Gasteiger charge is -2.04. The van der Waals surface area contributed by atoms with Crippen LogP contribution in [0.4, 0.5) is 0 Å². The first-order chi connectivity index (χ1) is 16.9. The number of aromatic nitrogens is 4. The molecule has 0 aliphatic rings. The standard InChI is InChI=1S/C26H22ClN5O3/c1-16-7-9-18(10-8-16)14-32-25(27)19(17(2)31-32)11-12-24(34)35-15-23(33)20(13-28)26-29-21-5-3-4-6-22(21)30-26/h3-12,33H,14-15H2,1-2H3,(H,29,30)/b12-11+,23-20-. The van der Waals surface area contributed by atoms with Crippen molar-refractivity contribution in [1.29, 1.82) is 5.26 Å². The molecule has 0 atom stereocenters. The van der Waals surface area contributed by atoms with Gasteiger partial charge in [0.05, 0.1) is 23.3 Å². The summed E-state index contributed by atoms with van der Waals surface area (Å²) in [6.45, 7) is 3.83. The average molecular weight is 488 g/mol. The highest BCUT2D eigenvalue weighted by Crippen LogP contribution is 2.23. The minimum absolute atomic E-state index is 0.103. The number of benzene rings is 2. The number of nitrogens with one attached hydrogen (secondary N) is 1. The lowest BCUT2D eigenvalue weighted by atomic mass is 10.1. The zero-order valence-electron chi connectivity index (χ0n) is 19.1. The highest BCUT2D eigenvalue weighted by atomic mass is 35.5. The second-order valence-electron chi connectivity index (χ2n) is 7.91. The molecule has 0 radical (unpaired) electrons. The van der Waals surface area contributed by atoms with Gasteiger partial charge in [-0.1, -0.05) is 53.6 Å². The van der Waals surface area contributed by atoms with Crippen LogP contribution in [0.25, 0.3) is 22.7 Å². The van der Waals surface area contributed by atoms with Crippen LogP contribution in [0.3, 0.4) is 0 Å². The summed E-state index contributed by atoms with van der Waals surface area (Å²) < 4.78 is 6.76. The van der Waals surface area contributed by atoms with Gasteiger partial charge in [-0.05, 0) is 37.6 Å². The molecule has 2 heterocycles. The number of nitriles is 1. The van der Waals surface area contributed by atoms with Gasteiger partial charge in [-0.25, -0.2) is 14.5 Å². The summed E-state index contributed by atoms with van der Waals surface area (Å²) in [4.78, 5) is 19.5. The zero-order valence-corrected chi connectivity index (χ0v) is 19.9. The largest absolute Gasteiger partial charge is 0.507 e. The number of halogens is 1. The van der Waals surface area contributed by atoms with E-state index in [0.717, 1.165) is 11.1 Å². The maximum Gasteiger partial charge on any atom is 0.331 e. The minimum Gasteiger partial charge on any atom is -0.507 e. The van der Waals surface area contributed by atoms with E-state index in [-0.39, 0.29) is 11.4 Å². The number of rotatable bonds is 7. The van der Waals surface area contributed by atoms with Gasteiger partial charge in [0, 0.05) is 11.6 Å². The Balaban J connectivity index is 1.43. The monoisotopic (exact) mass is 487 g/mol. The maximum atomic E-state index is 12.2. The van der Waals surface area contributed by atoms with E-state index in [1.54, 1.807) is 23.7 Å². The maximum absolute atomic E-state index is 12.2. The molecule has 2 N–H and O–H groups in total. The van der Waals surface area contributed by atoms with Crippen molar-refractivity contribution in [3.05, 3.63) is 93.7 Å². The van der Waals surface area contributed by atoms with E-state index in [2.05, 4.69) is 15.1 Å². The molecule has 0 saturated heterocycles. The molecule has 0 spiro atoms. The Labute approximate surface area is 206 Å². The molecule has 0 aliphatic carbocycles. The number of nitrogens with zero attached hydrogens (tertiary/aromatic N) is 4. The molecule has 176 valence electrons. The summed E-state index contributed by atoms with van der Waals surface area (Å²) in [6, 6.07) is 17.2. The molecule has 2 aromatic carbocycles. The molecular formula is C26H22ClN5O3. The second kappa shape index (κ2) is 10.3. The van der Waals surface area contributed by atoms with Crippen molar-refractivity contribution in [3.63, 3.8) is 0 Å². The van der Waals surface area contributed by atoms with Crippen LogP contribution in [0, 0.1) is 25.2 Å². The highest BCUT2D eigenvalue weighted by molar-refractivity contribution is 6.31. The number of imidazole rings is 1. The molecule has 0 aliphatic heterocycles. The second-order valence-corrected chi connectivity index (χ2v) is 8.27. The SMILES string of the molecule is Cc1ccc(Cn2nc(C)c(/C=C/C(=O)OC/C(O)=C(\C#N)c3nc4ccccc4[nH]3)c2Cl)cc1. The molecule has 0 bridgehead atoms. The summed E-state index contributed by atoms with van der Waals surface area (Å²) in [5.41, 5.74) is 4.74. The van der Waals surface area contributed by atoms with Crippen LogP contribution in [-0.4, -0.2) is 37.4 Å². The number of aryl methyl sites for hydroxylation is 2. The van der Waals surface area contributed by atoms with Gasteiger partial charge in [-0.2, -0.15) is 10.4 Å². The fraction of sp³-hybridized carbons (Fsp3) is 0.154. The zero-order chi connectivity index (χ0) is 24.9. The van der Waals surface area contributed by atoms with E-state index in [4.69, 9.17) is 16.3 Å². The van der Waals surface area contributed by atoms with E-state index in [1.807, 2.05) is 49.4 Å². The van der Waals surface area contributed by atoms with E-state index in [0.29, 0.717) is 28.5 Å². The molecule has 35 heavy (non-hydrogen) atoms. The van der Waals surface area contributed by atoms with Crippen molar-refractivity contribution in [2.24, 2.45) is 0 Å². The smallest absolute Gasteiger partial charge is 0.331 e. The van der Waals surface area contributed by atoms with Crippen molar-refractivity contribution >= 4 is 40.3 Å². The first-order valence-electron chi connectivity index (χ1n) is 10.8. The van der Waals surface area contributed by atoms with E-state index in [9.17, 15) is 15.2 Å². The molecule has 2 aromatic heterocycles. The highest BCUT2D eigenvalue weighted by Gasteiger charge is 2.15. The van der Waals surface area contributed by atoms with Gasteiger partial charge < -0.3 is 14.8 Å². The first kappa shape index (κ1) is 23.8. The molecule has 8 nitrogen and oxygen atoms in total. The Hall–Kier alpha value is -4.35. The minimum atomic E-state index is -0.708. The Kier molecular flexibility index (Phi) is 6.99. The number of para-hydroxylation sites is 2. The molecule has 0 amide bonds. The Morgan fingerprint density at radius 2 is 1.97 bits per heavy atom. The number of allylic oxidation sites excluding steroid dienone is 1. The molecule has 0 fully saturated rings. The van der Waals surface area contributed by atoms with E-state index in [1.165, 1.54) is 17.7 Å². The van der Waals surface area contributed by atoms with Crippen LogP contribution in [0.15, 0.2) is 60.4 Å². The molecule has 9 heteroatoms. The quantitative estimate of drug-likeness (QED) is 0.161. The van der Waals surface area contributed by atoms with Crippen molar-refractivity contribution in [2.75, 3.05) is 6.61 Å². The molecule has 0 saturated carbocycles. The number of carbonyl (C=O) groups excluding carboxylic acids is 1. The van der Waals surface area contributed by atoms with Crippen molar-refractivity contribution in [2.45, 2.75) is 20.4 Å². The Morgan fingerprint density at radius 3 is 2.69 bits per heavy atom.